The van der Waals surface area contributed by atoms with E-state index in [-0.39, 0.29) is 11.8 Å². The van der Waals surface area contributed by atoms with E-state index in [0.29, 0.717) is 16.5 Å². The van der Waals surface area contributed by atoms with Gasteiger partial charge in [0.05, 0.1) is 12.1 Å². The van der Waals surface area contributed by atoms with Gasteiger partial charge in [0.25, 0.3) is 5.91 Å². The lowest BCUT2D eigenvalue weighted by Gasteiger charge is -2.31. The molecule has 27 heavy (non-hydrogen) atoms. The first-order valence-electron chi connectivity index (χ1n) is 7.84. The number of carbonyl (C=O) groups is 3. The number of ether oxygens (including phenoxy) is 1. The summed E-state index contributed by atoms with van der Waals surface area (Å²) in [6, 6.07) is 3.33. The third-order valence-corrected chi connectivity index (χ3v) is 4.54. The Hall–Kier alpha value is -3.14. The van der Waals surface area contributed by atoms with E-state index in [1.54, 1.807) is 18.2 Å². The molecule has 2 heterocycles. The molecule has 1 atom stereocenters. The number of aliphatic imine (C=N–C) groups is 1. The van der Waals surface area contributed by atoms with Crippen LogP contribution >= 0.6 is 11.6 Å². The quantitative estimate of drug-likeness (QED) is 0.719. The molecule has 3 rings (SSSR count). The molecule has 0 radical (unpaired) electrons. The van der Waals surface area contributed by atoms with Gasteiger partial charge in [0.2, 0.25) is 11.9 Å². The fraction of sp³-hybridized carbons (Fsp3) is 0.312. The molecule has 0 saturated carbocycles. The average molecular weight is 395 g/mol. The number of carboxylic acids is 1. The number of hydrogen-bond donors (Lipinski definition) is 2. The van der Waals surface area contributed by atoms with Crippen molar-refractivity contribution in [3.8, 4) is 5.75 Å². The number of halogens is 1. The first-order chi connectivity index (χ1) is 12.7. The normalized spacial score (nSPS) is 19.3. The highest BCUT2D eigenvalue weighted by Crippen LogP contribution is 2.28. The number of carboxylic acid groups (broad SMARTS) is 1. The zero-order chi connectivity index (χ0) is 19.9. The van der Waals surface area contributed by atoms with E-state index < -0.39 is 30.5 Å². The van der Waals surface area contributed by atoms with Gasteiger partial charge in [0.1, 0.15) is 11.4 Å². The lowest BCUT2D eigenvalue weighted by atomic mass is 10.1. The molecule has 0 spiro atoms. The molecular weight excluding hydrogens is 378 g/mol. The molecule has 1 aromatic rings. The number of likely N-dealkylation sites (N-methyl/N-ethyl adjacent to an activating group) is 2. The van der Waals surface area contributed by atoms with Gasteiger partial charge in [-0.1, -0.05) is 16.6 Å². The van der Waals surface area contributed by atoms with Crippen LogP contribution in [0.4, 0.5) is 10.5 Å². The van der Waals surface area contributed by atoms with Gasteiger partial charge >= 0.3 is 18.0 Å². The lowest BCUT2D eigenvalue weighted by Crippen LogP contribution is -2.61. The van der Waals surface area contributed by atoms with Gasteiger partial charge in [-0.15, -0.1) is 0 Å². The average Bonchev–Trinajstić information content (AvgIpc) is 2.96. The van der Waals surface area contributed by atoms with Gasteiger partial charge in [-0.3, -0.25) is 14.6 Å². The fourth-order valence-electron chi connectivity index (χ4n) is 2.88. The highest BCUT2D eigenvalue weighted by Gasteiger charge is 2.51. The zero-order valence-electron chi connectivity index (χ0n) is 14.8. The highest BCUT2D eigenvalue weighted by molar-refractivity contribution is 6.32. The molecule has 142 valence electrons. The number of guanidine groups is 1. The Morgan fingerprint density at radius 3 is 2.67 bits per heavy atom. The minimum atomic E-state index is -1.14. The summed E-state index contributed by atoms with van der Waals surface area (Å²) in [7, 11) is 4.30. The van der Waals surface area contributed by atoms with Crippen LogP contribution in [0.5, 0.6) is 5.75 Å². The van der Waals surface area contributed by atoms with Gasteiger partial charge in [0.15, 0.2) is 6.54 Å². The number of fused-ring (bicyclic) bond motifs is 1. The number of nitrogens with one attached hydrogen (secondary N) is 1. The summed E-state index contributed by atoms with van der Waals surface area (Å²) in [4.78, 5) is 42.5. The fourth-order valence-corrected chi connectivity index (χ4v) is 3.14. The molecule has 0 bridgehead atoms. The summed E-state index contributed by atoms with van der Waals surface area (Å²) in [5, 5.41) is 12.6. The lowest BCUT2D eigenvalue weighted by molar-refractivity contribution is -0.525. The van der Waals surface area contributed by atoms with Gasteiger partial charge in [-0.25, -0.2) is 19.5 Å². The van der Waals surface area contributed by atoms with E-state index in [0.717, 1.165) is 4.90 Å². The molecule has 1 aromatic carbocycles. The van der Waals surface area contributed by atoms with Crippen molar-refractivity contribution in [2.75, 3.05) is 33.1 Å². The monoisotopic (exact) mass is 394 g/mol. The molecule has 2 N–H and O–H groups in total. The third kappa shape index (κ3) is 3.19. The largest absolute Gasteiger partial charge is 0.495 e. The van der Waals surface area contributed by atoms with Gasteiger partial charge in [-0.05, 0) is 18.2 Å². The number of amides is 3. The molecule has 2 aliphatic rings. The zero-order valence-corrected chi connectivity index (χ0v) is 15.5. The van der Waals surface area contributed by atoms with Crippen molar-refractivity contribution >= 4 is 47.0 Å². The van der Waals surface area contributed by atoms with Crippen LogP contribution in [-0.4, -0.2) is 83.0 Å². The van der Waals surface area contributed by atoms with Gasteiger partial charge in [0, 0.05) is 14.1 Å². The van der Waals surface area contributed by atoms with Gasteiger partial charge < -0.3 is 9.84 Å². The molecule has 2 aliphatic heterocycles. The number of hydrogen-bond acceptors (Lipinski definition) is 6. The van der Waals surface area contributed by atoms with Crippen molar-refractivity contribution in [3.05, 3.63) is 23.2 Å². The highest BCUT2D eigenvalue weighted by atomic mass is 35.5. The predicted octanol–water partition coefficient (Wildman–Crippen LogP) is 0.518. The molecular formula is C16H17ClN5O5+. The Labute approximate surface area is 159 Å². The maximum atomic E-state index is 12.6. The van der Waals surface area contributed by atoms with Crippen LogP contribution in [0, 0.1) is 0 Å². The maximum absolute atomic E-state index is 12.6. The summed E-state index contributed by atoms with van der Waals surface area (Å²) in [6.45, 7) is -0.481. The van der Waals surface area contributed by atoms with Gasteiger partial charge in [-0.2, -0.15) is 0 Å². The molecule has 10 nitrogen and oxygen atoms in total. The number of carbonyl (C=O) groups excluding carboxylic acids is 2. The molecule has 0 aliphatic carbocycles. The Kier molecular flexibility index (Phi) is 4.75. The second-order valence-electron chi connectivity index (χ2n) is 5.93. The topological polar surface area (TPSA) is 115 Å². The molecule has 0 aromatic heterocycles. The van der Waals surface area contributed by atoms with E-state index >= 15 is 0 Å². The first kappa shape index (κ1) is 18.6. The van der Waals surface area contributed by atoms with Crippen LogP contribution in [0.3, 0.4) is 0 Å². The predicted molar refractivity (Wildman–Crippen MR) is 96.5 cm³/mol. The second kappa shape index (κ2) is 6.88. The Balaban J connectivity index is 2.02. The van der Waals surface area contributed by atoms with E-state index in [1.165, 1.54) is 30.7 Å². The maximum Gasteiger partial charge on any atom is 0.395 e. The van der Waals surface area contributed by atoms with E-state index in [1.807, 2.05) is 0 Å². The Morgan fingerprint density at radius 1 is 1.37 bits per heavy atom. The number of benzene rings is 1. The summed E-state index contributed by atoms with van der Waals surface area (Å²) in [6.07, 6.45) is 0. The van der Waals surface area contributed by atoms with Crippen molar-refractivity contribution in [2.24, 2.45) is 4.99 Å². The smallest absolute Gasteiger partial charge is 0.395 e. The molecule has 3 amide bonds. The van der Waals surface area contributed by atoms with Crippen molar-refractivity contribution in [1.82, 2.24) is 9.80 Å². The van der Waals surface area contributed by atoms with Crippen LogP contribution < -0.4 is 10.1 Å². The van der Waals surface area contributed by atoms with Crippen molar-refractivity contribution in [1.29, 1.82) is 0 Å². The standard InChI is InChI=1S/C16H16ClN5O5/c1-20-13-12(14(25)21(2)16(20)26)22(7-11(23)24)15(19-13)18-8-4-5-10(27-3)9(17)6-8/h4-6,12H,7H2,1-3H3,(H,23,24)/p+1. The summed E-state index contributed by atoms with van der Waals surface area (Å²) in [5.74, 6) is -0.937. The van der Waals surface area contributed by atoms with E-state index in [9.17, 15) is 19.5 Å². The van der Waals surface area contributed by atoms with E-state index in [4.69, 9.17) is 16.3 Å². The third-order valence-electron chi connectivity index (χ3n) is 4.24. The van der Waals surface area contributed by atoms with Crippen molar-refractivity contribution in [3.63, 3.8) is 0 Å². The number of methoxy groups -OCH3 is 1. The molecule has 1 fully saturated rings. The molecule has 1 unspecified atom stereocenters. The second-order valence-corrected chi connectivity index (χ2v) is 6.34. The number of imide groups is 1. The van der Waals surface area contributed by atoms with Crippen LogP contribution in [-0.2, 0) is 9.59 Å². The number of amidine groups is 1. The minimum Gasteiger partial charge on any atom is -0.495 e. The van der Waals surface area contributed by atoms with Crippen LogP contribution in [0.15, 0.2) is 23.2 Å². The minimum absolute atomic E-state index is 0.127. The molecule has 1 saturated heterocycles. The van der Waals surface area contributed by atoms with E-state index in [2.05, 4.69) is 10.3 Å². The van der Waals surface area contributed by atoms with Crippen LogP contribution in [0.25, 0.3) is 0 Å². The molecule has 11 heteroatoms. The summed E-state index contributed by atoms with van der Waals surface area (Å²) >= 11 is 6.11. The number of nitrogens with zero attached hydrogens (tertiary/aromatic N) is 4. The number of aliphatic carboxylic acids is 1. The summed E-state index contributed by atoms with van der Waals surface area (Å²) < 4.78 is 6.39. The van der Waals surface area contributed by atoms with Crippen molar-refractivity contribution in [2.45, 2.75) is 6.04 Å². The van der Waals surface area contributed by atoms with Crippen molar-refractivity contribution < 1.29 is 28.8 Å². The Bertz CT molecular complexity index is 912. The first-order valence-corrected chi connectivity index (χ1v) is 8.22. The van der Waals surface area contributed by atoms with Crippen LogP contribution in [0.1, 0.15) is 0 Å². The van der Waals surface area contributed by atoms with Crippen LogP contribution in [0.2, 0.25) is 5.02 Å². The SMILES string of the molecule is COc1ccc(NC2=[N+](CC(=O)O)C3C(=O)N(C)C(=O)N(C)C3=N2)cc1Cl. The number of urea groups is 1. The number of rotatable bonds is 4. The Morgan fingerprint density at radius 2 is 2.07 bits per heavy atom. The number of anilines is 1. The summed E-state index contributed by atoms with van der Waals surface area (Å²) in [5.41, 5.74) is 0.518.